The fourth-order valence-corrected chi connectivity index (χ4v) is 2.47. The third kappa shape index (κ3) is 6.00. The van der Waals surface area contributed by atoms with Crippen molar-refractivity contribution >= 4 is 23.4 Å². The number of methoxy groups -OCH3 is 1. The number of carbonyl (C=O) groups excluding carboxylic acids is 2. The maximum absolute atomic E-state index is 12.4. The van der Waals surface area contributed by atoms with Gasteiger partial charge in [0.2, 0.25) is 0 Å². The van der Waals surface area contributed by atoms with Crippen LogP contribution in [0.1, 0.15) is 24.2 Å². The molecule has 0 aliphatic heterocycles. The summed E-state index contributed by atoms with van der Waals surface area (Å²) in [6, 6.07) is 4.34. The lowest BCUT2D eigenvalue weighted by molar-refractivity contribution is 0.0946. The zero-order valence-electron chi connectivity index (χ0n) is 15.7. The highest BCUT2D eigenvalue weighted by Gasteiger charge is 2.14. The van der Waals surface area contributed by atoms with Gasteiger partial charge in [0.05, 0.1) is 12.7 Å². The second-order valence-electron chi connectivity index (χ2n) is 5.65. The maximum atomic E-state index is 12.4. The van der Waals surface area contributed by atoms with Crippen molar-refractivity contribution in [2.24, 2.45) is 0 Å². The predicted octanol–water partition coefficient (Wildman–Crippen LogP) is 2.40. The van der Waals surface area contributed by atoms with Crippen molar-refractivity contribution < 1.29 is 18.7 Å². The summed E-state index contributed by atoms with van der Waals surface area (Å²) in [5.41, 5.74) is 0.882. The SMILES string of the molecule is CCN(CC)CCNC(=O)c1ccc(NC(=O)Nc2cocn2)cc1OC. The number of hydrogen-bond donors (Lipinski definition) is 3. The molecule has 27 heavy (non-hydrogen) atoms. The Morgan fingerprint density at radius 2 is 2.00 bits per heavy atom. The third-order valence-electron chi connectivity index (χ3n) is 3.99. The minimum atomic E-state index is -0.484. The number of urea groups is 1. The summed E-state index contributed by atoms with van der Waals surface area (Å²) in [5, 5.41) is 8.04. The molecule has 3 amide bonds. The number of aromatic nitrogens is 1. The average Bonchev–Trinajstić information content (AvgIpc) is 3.17. The van der Waals surface area contributed by atoms with Crippen molar-refractivity contribution in [2.75, 3.05) is 43.9 Å². The Morgan fingerprint density at radius 3 is 2.63 bits per heavy atom. The summed E-state index contributed by atoms with van der Waals surface area (Å²) < 4.78 is 10.1. The molecule has 0 aliphatic carbocycles. The van der Waals surface area contributed by atoms with E-state index < -0.39 is 6.03 Å². The number of anilines is 2. The van der Waals surface area contributed by atoms with E-state index in [1.807, 2.05) is 0 Å². The molecule has 1 aromatic heterocycles. The quantitative estimate of drug-likeness (QED) is 0.621. The Balaban J connectivity index is 1.96. The van der Waals surface area contributed by atoms with Gasteiger partial charge in [0.15, 0.2) is 12.2 Å². The van der Waals surface area contributed by atoms with Crippen molar-refractivity contribution in [2.45, 2.75) is 13.8 Å². The normalized spacial score (nSPS) is 10.5. The highest BCUT2D eigenvalue weighted by atomic mass is 16.5. The fraction of sp³-hybridized carbons (Fsp3) is 0.389. The van der Waals surface area contributed by atoms with Gasteiger partial charge >= 0.3 is 6.03 Å². The molecule has 3 N–H and O–H groups in total. The Morgan fingerprint density at radius 1 is 1.22 bits per heavy atom. The van der Waals surface area contributed by atoms with Crippen LogP contribution >= 0.6 is 0 Å². The largest absolute Gasteiger partial charge is 0.496 e. The van der Waals surface area contributed by atoms with Crippen molar-refractivity contribution in [3.63, 3.8) is 0 Å². The molecule has 0 saturated carbocycles. The molecule has 2 aromatic rings. The fourth-order valence-electron chi connectivity index (χ4n) is 2.47. The minimum absolute atomic E-state index is 0.224. The van der Waals surface area contributed by atoms with Crippen LogP contribution < -0.4 is 20.7 Å². The number of likely N-dealkylation sites (N-methyl/N-ethyl adjacent to an activating group) is 1. The van der Waals surface area contributed by atoms with Crippen LogP contribution in [0.3, 0.4) is 0 Å². The number of nitrogens with one attached hydrogen (secondary N) is 3. The van der Waals surface area contributed by atoms with Crippen molar-refractivity contribution in [3.05, 3.63) is 36.4 Å². The van der Waals surface area contributed by atoms with Gasteiger partial charge in [0, 0.05) is 24.8 Å². The first-order chi connectivity index (χ1) is 13.1. The van der Waals surface area contributed by atoms with E-state index >= 15 is 0 Å². The van der Waals surface area contributed by atoms with Gasteiger partial charge in [-0.3, -0.25) is 10.1 Å². The third-order valence-corrected chi connectivity index (χ3v) is 3.99. The zero-order valence-corrected chi connectivity index (χ0v) is 15.7. The van der Waals surface area contributed by atoms with E-state index in [0.717, 1.165) is 19.6 Å². The van der Waals surface area contributed by atoms with Gasteiger partial charge < -0.3 is 24.7 Å². The molecular formula is C18H25N5O4. The lowest BCUT2D eigenvalue weighted by Gasteiger charge is -2.18. The Labute approximate surface area is 158 Å². The van der Waals surface area contributed by atoms with E-state index in [1.54, 1.807) is 18.2 Å². The van der Waals surface area contributed by atoms with Gasteiger partial charge in [-0.05, 0) is 25.2 Å². The minimum Gasteiger partial charge on any atom is -0.496 e. The molecule has 9 nitrogen and oxygen atoms in total. The summed E-state index contributed by atoms with van der Waals surface area (Å²) >= 11 is 0. The zero-order chi connectivity index (χ0) is 19.6. The van der Waals surface area contributed by atoms with Gasteiger partial charge in [0.1, 0.15) is 12.0 Å². The van der Waals surface area contributed by atoms with Gasteiger partial charge in [-0.25, -0.2) is 4.79 Å². The summed E-state index contributed by atoms with van der Waals surface area (Å²) in [6.07, 6.45) is 2.53. The molecule has 2 rings (SSSR count). The van der Waals surface area contributed by atoms with E-state index in [0.29, 0.717) is 29.4 Å². The molecule has 0 spiro atoms. The summed E-state index contributed by atoms with van der Waals surface area (Å²) in [7, 11) is 1.47. The highest BCUT2D eigenvalue weighted by Crippen LogP contribution is 2.23. The molecule has 146 valence electrons. The number of oxazole rings is 1. The summed E-state index contributed by atoms with van der Waals surface area (Å²) in [5.74, 6) is 0.441. The summed E-state index contributed by atoms with van der Waals surface area (Å²) in [6.45, 7) is 7.36. The number of amides is 3. The van der Waals surface area contributed by atoms with Crippen molar-refractivity contribution in [1.29, 1.82) is 0 Å². The van der Waals surface area contributed by atoms with Crippen LogP contribution in [0.2, 0.25) is 0 Å². The second-order valence-corrected chi connectivity index (χ2v) is 5.65. The molecule has 9 heteroatoms. The lowest BCUT2D eigenvalue weighted by atomic mass is 10.1. The average molecular weight is 375 g/mol. The van der Waals surface area contributed by atoms with E-state index in [-0.39, 0.29) is 5.91 Å². The number of benzene rings is 1. The Kier molecular flexibility index (Phi) is 7.63. The van der Waals surface area contributed by atoms with Gasteiger partial charge in [-0.15, -0.1) is 0 Å². The standard InChI is InChI=1S/C18H25N5O4/c1-4-23(5-2)9-8-19-17(24)14-7-6-13(10-15(14)26-3)21-18(25)22-16-11-27-12-20-16/h6-7,10-12H,4-5,8-9H2,1-3H3,(H,19,24)(H2,21,22,25). The van der Waals surface area contributed by atoms with Gasteiger partial charge in [-0.1, -0.05) is 13.8 Å². The smallest absolute Gasteiger partial charge is 0.324 e. The number of rotatable bonds is 9. The van der Waals surface area contributed by atoms with Crippen LogP contribution in [-0.4, -0.2) is 55.1 Å². The lowest BCUT2D eigenvalue weighted by Crippen LogP contribution is -2.34. The molecule has 1 aromatic carbocycles. The van der Waals surface area contributed by atoms with Crippen molar-refractivity contribution in [1.82, 2.24) is 15.2 Å². The first kappa shape index (κ1) is 20.2. The number of nitrogens with zero attached hydrogens (tertiary/aromatic N) is 2. The first-order valence-electron chi connectivity index (χ1n) is 8.72. The maximum Gasteiger partial charge on any atom is 0.324 e. The van der Waals surface area contributed by atoms with Crippen LogP contribution in [0.15, 0.2) is 35.3 Å². The van der Waals surface area contributed by atoms with Crippen LogP contribution in [-0.2, 0) is 0 Å². The topological polar surface area (TPSA) is 109 Å². The second kappa shape index (κ2) is 10.2. The van der Waals surface area contributed by atoms with Crippen LogP contribution in [0.4, 0.5) is 16.3 Å². The van der Waals surface area contributed by atoms with Gasteiger partial charge in [-0.2, -0.15) is 4.98 Å². The van der Waals surface area contributed by atoms with Crippen LogP contribution in [0.5, 0.6) is 5.75 Å². The van der Waals surface area contributed by atoms with E-state index in [2.05, 4.69) is 39.7 Å². The van der Waals surface area contributed by atoms with E-state index in [4.69, 9.17) is 9.15 Å². The Hall–Kier alpha value is -3.07. The van der Waals surface area contributed by atoms with E-state index in [9.17, 15) is 9.59 Å². The first-order valence-corrected chi connectivity index (χ1v) is 8.72. The van der Waals surface area contributed by atoms with Crippen LogP contribution in [0.25, 0.3) is 0 Å². The Bertz CT molecular complexity index is 744. The monoisotopic (exact) mass is 375 g/mol. The van der Waals surface area contributed by atoms with Gasteiger partial charge in [0.25, 0.3) is 5.91 Å². The number of ether oxygens (including phenoxy) is 1. The molecule has 0 aliphatic rings. The molecule has 0 atom stereocenters. The highest BCUT2D eigenvalue weighted by molar-refractivity contribution is 6.01. The molecular weight excluding hydrogens is 350 g/mol. The van der Waals surface area contributed by atoms with Crippen molar-refractivity contribution in [3.8, 4) is 5.75 Å². The molecule has 0 saturated heterocycles. The predicted molar refractivity (Wildman–Crippen MR) is 102 cm³/mol. The number of hydrogen-bond acceptors (Lipinski definition) is 6. The molecule has 1 heterocycles. The number of carbonyl (C=O) groups is 2. The molecule has 0 fully saturated rings. The molecule has 0 bridgehead atoms. The molecule has 0 unspecified atom stereocenters. The van der Waals surface area contributed by atoms with E-state index in [1.165, 1.54) is 19.8 Å². The summed E-state index contributed by atoms with van der Waals surface area (Å²) in [4.78, 5) is 30.4. The van der Waals surface area contributed by atoms with Crippen LogP contribution in [0, 0.1) is 0 Å². The molecule has 0 radical (unpaired) electrons.